The number of hydrogen-bond donors (Lipinski definition) is 3. The highest BCUT2D eigenvalue weighted by Gasteiger charge is 2.62. The summed E-state index contributed by atoms with van der Waals surface area (Å²) in [5, 5.41) is 21.0. The highest BCUT2D eigenvalue weighted by molar-refractivity contribution is 7.49. The molecule has 1 fully saturated rings. The molecular formula is C24H25ClF2N3O10P. The summed E-state index contributed by atoms with van der Waals surface area (Å²) in [6.07, 6.45) is -8.99. The smallest absolute Gasteiger partial charge is 0.497 e. The van der Waals surface area contributed by atoms with Gasteiger partial charge in [0.15, 0.2) is 11.8 Å². The second kappa shape index (κ2) is 12.2. The molecule has 3 aromatic rings. The number of phosphoric acid groups is 1. The molecule has 4 atom stereocenters. The fraction of sp³-hybridized carbons (Fsp3) is 0.333. The summed E-state index contributed by atoms with van der Waals surface area (Å²) in [5.74, 6) is 0.436. The monoisotopic (exact) mass is 619 g/mol. The van der Waals surface area contributed by atoms with Crippen LogP contribution in [0, 0.1) is 0 Å². The Labute approximate surface area is 236 Å². The molecule has 4 N–H and O–H groups in total. The summed E-state index contributed by atoms with van der Waals surface area (Å²) in [4.78, 5) is 15.8. The summed E-state index contributed by atoms with van der Waals surface area (Å²) in [5.41, 5.74) is 1.36. The Balaban J connectivity index is 1.65. The molecular weight excluding hydrogens is 595 g/mol. The van der Waals surface area contributed by atoms with Gasteiger partial charge < -0.3 is 39.2 Å². The number of rotatable bonds is 11. The van der Waals surface area contributed by atoms with Gasteiger partial charge in [-0.25, -0.2) is 18.1 Å². The summed E-state index contributed by atoms with van der Waals surface area (Å²) in [6, 6.07) is 11.3. The van der Waals surface area contributed by atoms with E-state index in [1.165, 1.54) is 62.8 Å². The number of nitrogens with two attached hydrogens (primary N) is 1. The molecule has 1 aromatic heterocycles. The van der Waals surface area contributed by atoms with Gasteiger partial charge in [-0.3, -0.25) is 9.09 Å². The lowest BCUT2D eigenvalue weighted by atomic mass is 9.96. The molecule has 222 valence electrons. The van der Waals surface area contributed by atoms with Crippen molar-refractivity contribution >= 4 is 25.2 Å². The molecule has 0 saturated carbocycles. The Bertz CT molecular complexity index is 1410. The number of aliphatic hydroxyl groups excluding tert-OH is 2. The van der Waals surface area contributed by atoms with Crippen molar-refractivity contribution in [2.75, 3.05) is 26.6 Å². The quantitative estimate of drug-likeness (QED) is 0.268. The zero-order valence-corrected chi connectivity index (χ0v) is 23.1. The molecule has 1 aliphatic heterocycles. The van der Waals surface area contributed by atoms with E-state index in [2.05, 4.69) is 4.98 Å². The van der Waals surface area contributed by atoms with Gasteiger partial charge in [0.05, 0.1) is 25.8 Å². The Morgan fingerprint density at radius 3 is 2.00 bits per heavy atom. The molecule has 2 heterocycles. The van der Waals surface area contributed by atoms with Crippen LogP contribution >= 0.6 is 19.4 Å². The minimum absolute atomic E-state index is 0.0475. The first-order chi connectivity index (χ1) is 19.4. The van der Waals surface area contributed by atoms with Crippen molar-refractivity contribution in [3.63, 3.8) is 0 Å². The largest absolute Gasteiger partial charge is 0.587 e. The van der Waals surface area contributed by atoms with Crippen LogP contribution in [0.2, 0.25) is 5.02 Å². The third-order valence-electron chi connectivity index (χ3n) is 6.04. The number of halogens is 3. The zero-order valence-electron chi connectivity index (χ0n) is 21.4. The fourth-order valence-corrected chi connectivity index (χ4v) is 5.23. The molecule has 0 amide bonds. The summed E-state index contributed by atoms with van der Waals surface area (Å²) in [6.45, 7) is -1.33. The highest BCUT2D eigenvalue weighted by Crippen LogP contribution is 2.52. The van der Waals surface area contributed by atoms with Crippen LogP contribution in [-0.2, 0) is 13.8 Å². The van der Waals surface area contributed by atoms with E-state index in [1.54, 1.807) is 0 Å². The molecule has 0 aliphatic carbocycles. The van der Waals surface area contributed by atoms with Crippen molar-refractivity contribution in [2.24, 2.45) is 0 Å². The number of alkyl halides is 2. The third kappa shape index (κ3) is 6.40. The predicted octanol–water partition coefficient (Wildman–Crippen LogP) is 3.03. The lowest BCUT2D eigenvalue weighted by Crippen LogP contribution is -2.52. The summed E-state index contributed by atoms with van der Waals surface area (Å²) >= 11 is 5.89. The van der Waals surface area contributed by atoms with Crippen molar-refractivity contribution in [3.05, 3.63) is 70.2 Å². The fourth-order valence-electron chi connectivity index (χ4n) is 3.82. The Morgan fingerprint density at radius 2 is 1.54 bits per heavy atom. The average molecular weight is 620 g/mol. The van der Waals surface area contributed by atoms with Crippen LogP contribution in [0.3, 0.4) is 0 Å². The van der Waals surface area contributed by atoms with Crippen molar-refractivity contribution in [1.82, 2.24) is 9.55 Å². The first-order valence-electron chi connectivity index (χ1n) is 11.7. The van der Waals surface area contributed by atoms with Crippen LogP contribution in [0.25, 0.3) is 0 Å². The molecule has 0 spiro atoms. The van der Waals surface area contributed by atoms with Crippen LogP contribution < -0.4 is 29.9 Å². The van der Waals surface area contributed by atoms with Gasteiger partial charge in [0.2, 0.25) is 0 Å². The van der Waals surface area contributed by atoms with Crippen molar-refractivity contribution in [2.45, 2.75) is 30.5 Å². The van der Waals surface area contributed by atoms with Gasteiger partial charge in [-0.15, -0.1) is 0 Å². The number of phosphoric ester groups is 1. The number of benzene rings is 2. The molecule has 2 aromatic carbocycles. The van der Waals surface area contributed by atoms with Gasteiger partial charge in [0.1, 0.15) is 41.0 Å². The van der Waals surface area contributed by atoms with Gasteiger partial charge in [-0.05, 0) is 48.5 Å². The normalized spacial score (nSPS) is 22.5. The number of anilines is 1. The van der Waals surface area contributed by atoms with E-state index in [0.29, 0.717) is 16.1 Å². The van der Waals surface area contributed by atoms with Gasteiger partial charge in [-0.2, -0.15) is 4.98 Å². The van der Waals surface area contributed by atoms with E-state index in [4.69, 9.17) is 45.1 Å². The molecule has 0 radical (unpaired) electrons. The molecule has 1 aliphatic rings. The maximum atomic E-state index is 14.5. The second-order valence-electron chi connectivity index (χ2n) is 8.62. The Morgan fingerprint density at radius 1 is 1.05 bits per heavy atom. The average Bonchev–Trinajstić information content (AvgIpc) is 3.21. The van der Waals surface area contributed by atoms with Crippen LogP contribution in [0.15, 0.2) is 59.5 Å². The van der Waals surface area contributed by atoms with E-state index in [1.807, 2.05) is 0 Å². The van der Waals surface area contributed by atoms with Gasteiger partial charge >= 0.3 is 13.5 Å². The van der Waals surface area contributed by atoms with Crippen molar-refractivity contribution in [1.29, 1.82) is 0 Å². The second-order valence-corrected chi connectivity index (χ2v) is 10.5. The van der Waals surface area contributed by atoms with Crippen molar-refractivity contribution < 1.29 is 51.3 Å². The lowest BCUT2D eigenvalue weighted by Gasteiger charge is -2.31. The van der Waals surface area contributed by atoms with E-state index >= 15 is 0 Å². The first kappa shape index (κ1) is 30.5. The third-order valence-corrected chi connectivity index (χ3v) is 7.64. The predicted molar refractivity (Wildman–Crippen MR) is 140 cm³/mol. The van der Waals surface area contributed by atoms with Gasteiger partial charge in [0, 0.05) is 6.20 Å². The van der Waals surface area contributed by atoms with E-state index in [-0.39, 0.29) is 22.3 Å². The number of nitrogen functional groups attached to an aromatic ring is 1. The molecule has 4 rings (SSSR count). The van der Waals surface area contributed by atoms with Crippen LogP contribution in [0.1, 0.15) is 6.23 Å². The number of methoxy groups -OCH3 is 2. The van der Waals surface area contributed by atoms with Gasteiger partial charge in [0.25, 0.3) is 6.43 Å². The topological polar surface area (TPSA) is 174 Å². The molecule has 2 unspecified atom stereocenters. The van der Waals surface area contributed by atoms with Crippen molar-refractivity contribution in [3.8, 4) is 23.0 Å². The number of aliphatic hydroxyl groups is 2. The molecule has 13 nitrogen and oxygen atoms in total. The van der Waals surface area contributed by atoms with Gasteiger partial charge in [-0.1, -0.05) is 11.6 Å². The minimum atomic E-state index is -4.81. The highest BCUT2D eigenvalue weighted by atomic mass is 35.5. The number of aromatic nitrogens is 2. The maximum Gasteiger partial charge on any atom is 0.587 e. The van der Waals surface area contributed by atoms with E-state index in [9.17, 15) is 28.4 Å². The Hall–Kier alpha value is -3.46. The Kier molecular flexibility index (Phi) is 9.07. The lowest BCUT2D eigenvalue weighted by molar-refractivity contribution is -0.193. The minimum Gasteiger partial charge on any atom is -0.497 e. The molecule has 17 heteroatoms. The summed E-state index contributed by atoms with van der Waals surface area (Å²) in [7, 11) is -1.96. The maximum absolute atomic E-state index is 14.5. The van der Waals surface area contributed by atoms with Crippen LogP contribution in [0.4, 0.5) is 14.6 Å². The molecule has 1 saturated heterocycles. The SMILES string of the molecule is COc1ccc(OP(=O)(OC[C@@]2(C(F)F)O[C@@H](n3cc(Cl)c(N)nc3=O)C(O)C2O)Oc2ccc(OC)cc2)cc1. The van der Waals surface area contributed by atoms with Crippen LogP contribution in [0.5, 0.6) is 23.0 Å². The summed E-state index contributed by atoms with van der Waals surface area (Å²) < 4.78 is 75.1. The number of hydrogen-bond acceptors (Lipinski definition) is 12. The first-order valence-corrected chi connectivity index (χ1v) is 13.5. The van der Waals surface area contributed by atoms with Crippen LogP contribution in [-0.4, -0.2) is 64.8 Å². The molecule has 41 heavy (non-hydrogen) atoms. The van der Waals surface area contributed by atoms with E-state index < -0.39 is 50.6 Å². The standard InChI is InChI=1S/C24H25ClF2N3O10P/c1-35-13-3-7-15(8-4-13)39-41(34,40-16-9-5-14(36-2)6-10-16)37-12-24(22(26)27)19(32)18(31)21(38-24)30-11-17(25)20(28)29-23(30)33/h3-11,18-19,21-22,31-32H,12H2,1-2H3,(H2,28,29,33)/t18?,19?,21-,24-/m1/s1. The number of nitrogens with zero attached hydrogens (tertiary/aromatic N) is 2. The zero-order chi connectivity index (χ0) is 29.9. The molecule has 0 bridgehead atoms. The number of ether oxygens (including phenoxy) is 3. The van der Waals surface area contributed by atoms with E-state index in [0.717, 1.165) is 6.20 Å².